The summed E-state index contributed by atoms with van der Waals surface area (Å²) in [5, 5.41) is 20.0. The summed E-state index contributed by atoms with van der Waals surface area (Å²) in [4.78, 5) is 23.2. The molecule has 0 atom stereocenters. The molecular formula is C13H18N2O6. The summed E-state index contributed by atoms with van der Waals surface area (Å²) in [6.45, 7) is 1.72. The molecule has 0 fully saturated rings. The number of nitrogens with zero attached hydrogens (tertiary/aromatic N) is 2. The number of non-ortho nitro benzene ring substituents is 1. The van der Waals surface area contributed by atoms with Crippen LogP contribution in [0, 0.1) is 10.1 Å². The number of hydrogen-bond acceptors (Lipinski definition) is 6. The fraction of sp³-hybridized carbons (Fsp3) is 0.462. The van der Waals surface area contributed by atoms with Crippen LogP contribution in [-0.2, 0) is 9.47 Å². The first kappa shape index (κ1) is 16.9. The Morgan fingerprint density at radius 3 is 2.29 bits per heavy atom. The van der Waals surface area contributed by atoms with Crippen LogP contribution in [0.25, 0.3) is 0 Å². The van der Waals surface area contributed by atoms with Gasteiger partial charge in [0.1, 0.15) is 0 Å². The smallest absolute Gasteiger partial charge is 0.338 e. The van der Waals surface area contributed by atoms with E-state index in [1.807, 2.05) is 0 Å². The van der Waals surface area contributed by atoms with Crippen LogP contribution < -0.4 is 4.90 Å². The zero-order valence-corrected chi connectivity index (χ0v) is 11.9. The van der Waals surface area contributed by atoms with Crippen LogP contribution in [0.3, 0.4) is 0 Å². The van der Waals surface area contributed by atoms with Gasteiger partial charge in [0.05, 0.1) is 29.4 Å². The first-order chi connectivity index (χ1) is 10.0. The molecule has 0 saturated heterocycles. The Morgan fingerprint density at radius 1 is 1.29 bits per heavy atom. The van der Waals surface area contributed by atoms with Crippen molar-refractivity contribution < 1.29 is 24.3 Å². The summed E-state index contributed by atoms with van der Waals surface area (Å²) in [7, 11) is 3.09. The van der Waals surface area contributed by atoms with Gasteiger partial charge in [0.25, 0.3) is 5.69 Å². The number of hydrogen-bond donors (Lipinski definition) is 1. The van der Waals surface area contributed by atoms with Gasteiger partial charge >= 0.3 is 5.97 Å². The fourth-order valence-corrected chi connectivity index (χ4v) is 1.84. The second kappa shape index (κ2) is 8.18. The fourth-order valence-electron chi connectivity index (χ4n) is 1.84. The largest absolute Gasteiger partial charge is 0.478 e. The lowest BCUT2D eigenvalue weighted by atomic mass is 10.1. The van der Waals surface area contributed by atoms with Crippen molar-refractivity contribution in [3.63, 3.8) is 0 Å². The molecule has 1 aromatic rings. The van der Waals surface area contributed by atoms with Crippen LogP contribution in [0.4, 0.5) is 11.4 Å². The minimum absolute atomic E-state index is 0.114. The van der Waals surface area contributed by atoms with Gasteiger partial charge in [-0.2, -0.15) is 0 Å². The number of methoxy groups -OCH3 is 2. The summed E-state index contributed by atoms with van der Waals surface area (Å²) in [5.74, 6) is -1.21. The molecular weight excluding hydrogens is 280 g/mol. The predicted octanol–water partition coefficient (Wildman–Crippen LogP) is 1.39. The number of benzene rings is 1. The zero-order chi connectivity index (χ0) is 15.8. The molecule has 116 valence electrons. The minimum atomic E-state index is -1.21. The summed E-state index contributed by atoms with van der Waals surface area (Å²) < 4.78 is 10.00. The highest BCUT2D eigenvalue weighted by Gasteiger charge is 2.20. The quantitative estimate of drug-likeness (QED) is 0.543. The highest BCUT2D eigenvalue weighted by atomic mass is 16.6. The number of carbonyl (C=O) groups is 1. The van der Waals surface area contributed by atoms with Crippen molar-refractivity contribution in [2.75, 3.05) is 45.4 Å². The van der Waals surface area contributed by atoms with E-state index in [4.69, 9.17) is 9.47 Å². The lowest BCUT2D eigenvalue weighted by Crippen LogP contribution is -2.32. The Hall–Kier alpha value is -2.19. The van der Waals surface area contributed by atoms with Crippen LogP contribution in [0.5, 0.6) is 0 Å². The molecule has 0 bridgehead atoms. The van der Waals surface area contributed by atoms with Gasteiger partial charge in [-0.05, 0) is 6.07 Å². The first-order valence-corrected chi connectivity index (χ1v) is 6.25. The molecule has 0 aliphatic rings. The number of nitro groups is 1. The normalized spacial score (nSPS) is 10.4. The Morgan fingerprint density at radius 2 is 1.86 bits per heavy atom. The summed E-state index contributed by atoms with van der Waals surface area (Å²) in [6.07, 6.45) is 0. The first-order valence-electron chi connectivity index (χ1n) is 6.25. The summed E-state index contributed by atoms with van der Waals surface area (Å²) in [5.41, 5.74) is 0.0354. The van der Waals surface area contributed by atoms with Gasteiger partial charge in [-0.15, -0.1) is 0 Å². The molecule has 21 heavy (non-hydrogen) atoms. The van der Waals surface area contributed by atoms with Gasteiger partial charge in [-0.3, -0.25) is 10.1 Å². The molecule has 0 amide bonds. The topological polar surface area (TPSA) is 102 Å². The molecule has 0 aromatic heterocycles. The molecule has 0 unspecified atom stereocenters. The molecule has 0 aliphatic heterocycles. The van der Waals surface area contributed by atoms with Gasteiger partial charge in [0.15, 0.2) is 0 Å². The maximum atomic E-state index is 11.3. The Labute approximate surface area is 122 Å². The molecule has 0 heterocycles. The van der Waals surface area contributed by atoms with E-state index >= 15 is 0 Å². The second-order valence-corrected chi connectivity index (χ2v) is 4.24. The number of anilines is 1. The minimum Gasteiger partial charge on any atom is -0.478 e. The van der Waals surface area contributed by atoms with Gasteiger partial charge in [-0.25, -0.2) is 4.79 Å². The van der Waals surface area contributed by atoms with E-state index in [1.54, 1.807) is 19.1 Å². The SMILES string of the molecule is COCCN(CCOC)c1ccc([N+](=O)[O-])cc1C(=O)O. The standard InChI is InChI=1S/C13H18N2O6/c1-20-7-5-14(6-8-21-2)12-4-3-10(15(18)19)9-11(12)13(16)17/h3-4,9H,5-8H2,1-2H3,(H,16,17). The Balaban J connectivity index is 3.15. The number of rotatable bonds is 9. The number of aromatic carboxylic acids is 1. The van der Waals surface area contributed by atoms with Crippen LogP contribution >= 0.6 is 0 Å². The van der Waals surface area contributed by atoms with Crippen molar-refractivity contribution in [1.82, 2.24) is 0 Å². The third kappa shape index (κ3) is 4.69. The van der Waals surface area contributed by atoms with Crippen molar-refractivity contribution >= 4 is 17.3 Å². The Kier molecular flexibility index (Phi) is 6.57. The Bertz CT molecular complexity index is 497. The van der Waals surface area contributed by atoms with Crippen LogP contribution in [-0.4, -0.2) is 56.5 Å². The zero-order valence-electron chi connectivity index (χ0n) is 11.9. The van der Waals surface area contributed by atoms with Gasteiger partial charge in [-0.1, -0.05) is 0 Å². The lowest BCUT2D eigenvalue weighted by molar-refractivity contribution is -0.384. The number of carboxylic acids is 1. The van der Waals surface area contributed by atoms with Gasteiger partial charge in [0, 0.05) is 39.4 Å². The molecule has 1 rings (SSSR count). The van der Waals surface area contributed by atoms with E-state index in [1.165, 1.54) is 12.1 Å². The van der Waals surface area contributed by atoms with Crippen molar-refractivity contribution in [3.05, 3.63) is 33.9 Å². The van der Waals surface area contributed by atoms with E-state index in [0.717, 1.165) is 6.07 Å². The molecule has 1 N–H and O–H groups in total. The third-order valence-electron chi connectivity index (χ3n) is 2.89. The maximum absolute atomic E-state index is 11.3. The van der Waals surface area contributed by atoms with E-state index < -0.39 is 10.9 Å². The van der Waals surface area contributed by atoms with Crippen LogP contribution in [0.1, 0.15) is 10.4 Å². The van der Waals surface area contributed by atoms with E-state index in [9.17, 15) is 20.0 Å². The molecule has 0 spiro atoms. The van der Waals surface area contributed by atoms with Gasteiger partial charge < -0.3 is 19.5 Å². The number of nitro benzene ring substituents is 1. The predicted molar refractivity (Wildman–Crippen MR) is 76.0 cm³/mol. The third-order valence-corrected chi connectivity index (χ3v) is 2.89. The van der Waals surface area contributed by atoms with E-state index in [0.29, 0.717) is 32.0 Å². The summed E-state index contributed by atoms with van der Waals surface area (Å²) in [6, 6.07) is 3.78. The molecule has 0 saturated carbocycles. The lowest BCUT2D eigenvalue weighted by Gasteiger charge is -2.25. The average Bonchev–Trinajstić information content (AvgIpc) is 2.46. The average molecular weight is 298 g/mol. The van der Waals surface area contributed by atoms with Crippen molar-refractivity contribution in [2.45, 2.75) is 0 Å². The molecule has 1 aromatic carbocycles. The van der Waals surface area contributed by atoms with E-state index in [2.05, 4.69) is 0 Å². The van der Waals surface area contributed by atoms with Crippen molar-refractivity contribution in [3.8, 4) is 0 Å². The van der Waals surface area contributed by atoms with Gasteiger partial charge in [0.2, 0.25) is 0 Å². The van der Waals surface area contributed by atoms with Crippen LogP contribution in [0.2, 0.25) is 0 Å². The molecule has 8 nitrogen and oxygen atoms in total. The number of carboxylic acid groups (broad SMARTS) is 1. The second-order valence-electron chi connectivity index (χ2n) is 4.24. The highest BCUT2D eigenvalue weighted by molar-refractivity contribution is 5.95. The number of ether oxygens (including phenoxy) is 2. The molecule has 0 aliphatic carbocycles. The molecule has 0 radical (unpaired) electrons. The molecule has 8 heteroatoms. The van der Waals surface area contributed by atoms with Crippen molar-refractivity contribution in [1.29, 1.82) is 0 Å². The van der Waals surface area contributed by atoms with Crippen LogP contribution in [0.15, 0.2) is 18.2 Å². The van der Waals surface area contributed by atoms with Crippen molar-refractivity contribution in [2.24, 2.45) is 0 Å². The highest BCUT2D eigenvalue weighted by Crippen LogP contribution is 2.25. The maximum Gasteiger partial charge on any atom is 0.338 e. The monoisotopic (exact) mass is 298 g/mol. The summed E-state index contributed by atoms with van der Waals surface area (Å²) >= 11 is 0. The van der Waals surface area contributed by atoms with E-state index in [-0.39, 0.29) is 11.3 Å².